The number of hydrogen-bond donors (Lipinski definition) is 2. The van der Waals surface area contributed by atoms with Crippen LogP contribution in [0.3, 0.4) is 0 Å². The van der Waals surface area contributed by atoms with Crippen molar-refractivity contribution in [3.8, 4) is 0 Å². The van der Waals surface area contributed by atoms with E-state index in [1.807, 2.05) is 0 Å². The van der Waals surface area contributed by atoms with Gasteiger partial charge in [0.1, 0.15) is 0 Å². The van der Waals surface area contributed by atoms with Crippen molar-refractivity contribution in [1.82, 2.24) is 0 Å². The van der Waals surface area contributed by atoms with Crippen LogP contribution in [0.25, 0.3) is 0 Å². The van der Waals surface area contributed by atoms with E-state index in [1.54, 1.807) is 0 Å². The number of hydrogen-bond acceptors (Lipinski definition) is 2. The average molecular weight is 248 g/mol. The van der Waals surface area contributed by atoms with Crippen LogP contribution >= 0.6 is 0 Å². The van der Waals surface area contributed by atoms with Gasteiger partial charge in [0.25, 0.3) is 0 Å². The van der Waals surface area contributed by atoms with Crippen LogP contribution in [0, 0.1) is 29.6 Å². The minimum Gasteiger partial charge on any atom is -0.325 e. The van der Waals surface area contributed by atoms with E-state index >= 15 is 0 Å². The van der Waals surface area contributed by atoms with Gasteiger partial charge in [-0.1, -0.05) is 19.8 Å². The first kappa shape index (κ1) is 11.7. The van der Waals surface area contributed by atoms with Crippen LogP contribution in [0.5, 0.6) is 0 Å². The molecular weight excluding hydrogens is 220 g/mol. The fourth-order valence-corrected chi connectivity index (χ4v) is 6.64. The molecule has 4 rings (SSSR count). The first-order chi connectivity index (χ1) is 8.54. The summed E-state index contributed by atoms with van der Waals surface area (Å²) in [7, 11) is 0. The third-order valence-corrected chi connectivity index (χ3v) is 7.16. The van der Waals surface area contributed by atoms with E-state index in [1.165, 1.54) is 44.9 Å². The lowest BCUT2D eigenvalue weighted by Gasteiger charge is -2.67. The molecule has 0 aliphatic heterocycles. The smallest absolute Gasteiger partial charge is 0.0234 e. The molecule has 4 aliphatic carbocycles. The fraction of sp³-hybridized carbons (Fsp3) is 1.00. The molecule has 4 fully saturated rings. The summed E-state index contributed by atoms with van der Waals surface area (Å²) >= 11 is 0. The van der Waals surface area contributed by atoms with E-state index in [-0.39, 0.29) is 11.1 Å². The lowest BCUT2D eigenvalue weighted by molar-refractivity contribution is -0.118. The summed E-state index contributed by atoms with van der Waals surface area (Å²) in [5.41, 5.74) is 14.0. The van der Waals surface area contributed by atoms with Gasteiger partial charge in [0.2, 0.25) is 0 Å². The van der Waals surface area contributed by atoms with E-state index in [0.717, 1.165) is 36.0 Å². The fourth-order valence-electron chi connectivity index (χ4n) is 6.64. The van der Waals surface area contributed by atoms with Gasteiger partial charge in [-0.3, -0.25) is 0 Å². The third-order valence-electron chi connectivity index (χ3n) is 7.16. The largest absolute Gasteiger partial charge is 0.325 e. The van der Waals surface area contributed by atoms with Gasteiger partial charge in [0, 0.05) is 11.1 Å². The van der Waals surface area contributed by atoms with Crippen LogP contribution in [0.2, 0.25) is 0 Å². The van der Waals surface area contributed by atoms with Crippen molar-refractivity contribution >= 4 is 0 Å². The van der Waals surface area contributed by atoms with Crippen LogP contribution < -0.4 is 11.5 Å². The molecule has 0 amide bonds. The first-order valence-corrected chi connectivity index (χ1v) is 8.12. The van der Waals surface area contributed by atoms with Crippen molar-refractivity contribution in [2.24, 2.45) is 41.1 Å². The Bertz CT molecular complexity index is 364. The number of fused-ring (bicyclic) bond motifs is 2. The van der Waals surface area contributed by atoms with Gasteiger partial charge >= 0.3 is 0 Å². The zero-order valence-corrected chi connectivity index (χ0v) is 11.7. The van der Waals surface area contributed by atoms with Gasteiger partial charge in [0.15, 0.2) is 0 Å². The highest BCUT2D eigenvalue weighted by atomic mass is 14.9. The van der Waals surface area contributed by atoms with Crippen LogP contribution in [-0.4, -0.2) is 11.1 Å². The molecule has 0 aromatic carbocycles. The van der Waals surface area contributed by atoms with E-state index in [2.05, 4.69) is 6.92 Å². The standard InChI is InChI=1S/C16H28N2/c1-2-11-7-15(17)8-12-4-3-10-5-13(11)16(18,9-15)14(12)6-10/h10-14H,2-9,17-18H2,1H3. The molecule has 4 saturated carbocycles. The molecule has 0 aromatic heterocycles. The lowest BCUT2D eigenvalue weighted by atomic mass is 9.41. The van der Waals surface area contributed by atoms with Crippen molar-refractivity contribution in [2.75, 3.05) is 0 Å². The zero-order valence-electron chi connectivity index (χ0n) is 11.7. The highest BCUT2D eigenvalue weighted by Crippen LogP contribution is 2.63. The summed E-state index contributed by atoms with van der Waals surface area (Å²) in [5.74, 6) is 4.24. The predicted molar refractivity (Wildman–Crippen MR) is 73.9 cm³/mol. The van der Waals surface area contributed by atoms with Crippen molar-refractivity contribution < 1.29 is 0 Å². The minimum absolute atomic E-state index is 0.0806. The monoisotopic (exact) mass is 248 g/mol. The second kappa shape index (κ2) is 3.52. The summed E-state index contributed by atoms with van der Waals surface area (Å²) in [6, 6.07) is 0. The van der Waals surface area contributed by atoms with Gasteiger partial charge in [-0.25, -0.2) is 0 Å². The summed E-state index contributed by atoms with van der Waals surface area (Å²) < 4.78 is 0. The van der Waals surface area contributed by atoms with Gasteiger partial charge < -0.3 is 11.5 Å². The molecule has 7 unspecified atom stereocenters. The zero-order chi connectivity index (χ0) is 12.5. The molecule has 4 aliphatic rings. The van der Waals surface area contributed by atoms with Gasteiger partial charge in [-0.2, -0.15) is 0 Å². The van der Waals surface area contributed by atoms with Crippen molar-refractivity contribution in [3.05, 3.63) is 0 Å². The van der Waals surface area contributed by atoms with E-state index in [0.29, 0.717) is 0 Å². The molecule has 2 heteroatoms. The van der Waals surface area contributed by atoms with Gasteiger partial charge in [0.05, 0.1) is 0 Å². The molecule has 7 atom stereocenters. The number of nitrogens with two attached hydrogens (primary N) is 2. The molecule has 18 heavy (non-hydrogen) atoms. The molecule has 0 heterocycles. The van der Waals surface area contributed by atoms with E-state index < -0.39 is 0 Å². The highest BCUT2D eigenvalue weighted by Gasteiger charge is 2.62. The van der Waals surface area contributed by atoms with Crippen LogP contribution in [-0.2, 0) is 0 Å². The highest BCUT2D eigenvalue weighted by molar-refractivity contribution is 5.19. The molecule has 0 aromatic rings. The van der Waals surface area contributed by atoms with Crippen molar-refractivity contribution in [2.45, 2.75) is 69.4 Å². The summed E-state index contributed by atoms with van der Waals surface area (Å²) in [6.07, 6.45) is 10.6. The molecule has 4 bridgehead atoms. The minimum atomic E-state index is 0.0806. The second-order valence-corrected chi connectivity index (χ2v) is 8.12. The Kier molecular flexibility index (Phi) is 2.29. The van der Waals surface area contributed by atoms with Crippen LogP contribution in [0.1, 0.15) is 58.3 Å². The molecule has 2 nitrogen and oxygen atoms in total. The lowest BCUT2D eigenvalue weighted by Crippen LogP contribution is -2.73. The maximum atomic E-state index is 7.01. The van der Waals surface area contributed by atoms with Crippen LogP contribution in [0.4, 0.5) is 0 Å². The predicted octanol–water partition coefficient (Wildman–Crippen LogP) is 2.66. The van der Waals surface area contributed by atoms with Gasteiger partial charge in [-0.15, -0.1) is 0 Å². The maximum absolute atomic E-state index is 7.01. The Morgan fingerprint density at radius 2 is 1.83 bits per heavy atom. The normalized spacial score (nSPS) is 61.8. The number of rotatable bonds is 1. The first-order valence-electron chi connectivity index (χ1n) is 8.12. The Balaban J connectivity index is 1.79. The van der Waals surface area contributed by atoms with Crippen LogP contribution in [0.15, 0.2) is 0 Å². The summed E-state index contributed by atoms with van der Waals surface area (Å²) in [6.45, 7) is 2.35. The molecule has 0 spiro atoms. The maximum Gasteiger partial charge on any atom is 0.0234 e. The molecule has 4 N–H and O–H groups in total. The second-order valence-electron chi connectivity index (χ2n) is 8.12. The van der Waals surface area contributed by atoms with Crippen molar-refractivity contribution in [1.29, 1.82) is 0 Å². The molecule has 0 radical (unpaired) electrons. The van der Waals surface area contributed by atoms with Gasteiger partial charge in [-0.05, 0) is 68.1 Å². The average Bonchev–Trinajstić information content (AvgIpc) is 2.34. The Morgan fingerprint density at radius 1 is 1.06 bits per heavy atom. The van der Waals surface area contributed by atoms with Crippen molar-refractivity contribution in [3.63, 3.8) is 0 Å². The Hall–Kier alpha value is -0.0800. The Labute approximate surface area is 111 Å². The summed E-state index contributed by atoms with van der Waals surface area (Å²) in [5, 5.41) is 0. The molecule has 102 valence electrons. The van der Waals surface area contributed by atoms with E-state index in [9.17, 15) is 0 Å². The van der Waals surface area contributed by atoms with E-state index in [4.69, 9.17) is 11.5 Å². The Morgan fingerprint density at radius 3 is 2.61 bits per heavy atom. The molecular formula is C16H28N2. The molecule has 0 saturated heterocycles. The quantitative estimate of drug-likeness (QED) is 0.749. The third kappa shape index (κ3) is 1.37. The summed E-state index contributed by atoms with van der Waals surface area (Å²) in [4.78, 5) is 0. The topological polar surface area (TPSA) is 52.0 Å². The SMILES string of the molecule is CCC1CC2(N)CC3CCC4CC1C(N)(C2)C3C4.